The van der Waals surface area contributed by atoms with Crippen LogP contribution in [0.15, 0.2) is 54.8 Å². The Labute approximate surface area is 216 Å². The second-order valence-electron chi connectivity index (χ2n) is 10.6. The molecule has 2 aromatic rings. The first-order chi connectivity index (χ1) is 17.4. The van der Waals surface area contributed by atoms with Gasteiger partial charge in [0.05, 0.1) is 18.0 Å². The van der Waals surface area contributed by atoms with Crippen LogP contribution in [-0.2, 0) is 0 Å². The number of aliphatic hydroxyl groups is 1. The van der Waals surface area contributed by atoms with Crippen molar-refractivity contribution in [3.8, 4) is 16.9 Å². The molecular weight excluding hydrogens is 448 g/mol. The van der Waals surface area contributed by atoms with Crippen molar-refractivity contribution in [3.63, 3.8) is 0 Å². The number of hydrogen-bond acceptors (Lipinski definition) is 3. The third-order valence-electron chi connectivity index (χ3n) is 7.66. The maximum Gasteiger partial charge on any atom is 0.322 e. The summed E-state index contributed by atoms with van der Waals surface area (Å²) in [5, 5.41) is 12.6. The highest BCUT2D eigenvalue weighted by molar-refractivity contribution is 5.94. The van der Waals surface area contributed by atoms with Crippen molar-refractivity contribution >= 4 is 11.7 Å². The summed E-state index contributed by atoms with van der Waals surface area (Å²) in [6.07, 6.45) is 9.87. The van der Waals surface area contributed by atoms with E-state index in [-0.39, 0.29) is 12.1 Å². The zero-order chi connectivity index (χ0) is 25.5. The molecule has 0 spiro atoms. The first-order valence-corrected chi connectivity index (χ1v) is 13.8. The van der Waals surface area contributed by atoms with Crippen LogP contribution in [0, 0.1) is 5.92 Å². The van der Waals surface area contributed by atoms with Gasteiger partial charge in [0.15, 0.2) is 0 Å². The molecule has 36 heavy (non-hydrogen) atoms. The number of amides is 2. The summed E-state index contributed by atoms with van der Waals surface area (Å²) in [7, 11) is 0. The molecule has 0 saturated heterocycles. The van der Waals surface area contributed by atoms with Gasteiger partial charge in [0.1, 0.15) is 11.9 Å². The molecule has 1 aliphatic heterocycles. The van der Waals surface area contributed by atoms with Crippen LogP contribution in [0.1, 0.15) is 83.1 Å². The maximum atomic E-state index is 12.9. The van der Waals surface area contributed by atoms with Gasteiger partial charge in [-0.25, -0.2) is 4.79 Å². The Morgan fingerprint density at radius 1 is 1.06 bits per heavy atom. The molecule has 2 aromatic carbocycles. The Morgan fingerprint density at radius 2 is 1.78 bits per heavy atom. The summed E-state index contributed by atoms with van der Waals surface area (Å²) in [5.74, 6) is 2.24. The number of ether oxygens (including phenoxy) is 1. The molecule has 5 heteroatoms. The number of allylic oxidation sites excluding steroid dienone is 1. The summed E-state index contributed by atoms with van der Waals surface area (Å²) in [6.45, 7) is 9.12. The highest BCUT2D eigenvalue weighted by atomic mass is 16.5. The summed E-state index contributed by atoms with van der Waals surface area (Å²) >= 11 is 0. The van der Waals surface area contributed by atoms with Gasteiger partial charge < -0.3 is 15.2 Å². The molecule has 1 saturated carbocycles. The van der Waals surface area contributed by atoms with Crippen LogP contribution < -0.4 is 15.0 Å². The number of fused-ring (bicyclic) bond motifs is 1. The van der Waals surface area contributed by atoms with E-state index >= 15 is 0 Å². The fourth-order valence-corrected chi connectivity index (χ4v) is 5.64. The molecule has 1 unspecified atom stereocenters. The van der Waals surface area contributed by atoms with E-state index < -0.39 is 0 Å². The SMILES string of the molecule is C=C(O)CC1CCC(c2ccc(-c3ccc4c(c3)OC(C)CN4C(=O)NCCCCCC)cc2)CC1. The van der Waals surface area contributed by atoms with Gasteiger partial charge in [-0.05, 0) is 79.7 Å². The monoisotopic (exact) mass is 490 g/mol. The topological polar surface area (TPSA) is 61.8 Å². The third-order valence-corrected chi connectivity index (χ3v) is 7.66. The van der Waals surface area contributed by atoms with E-state index in [0.717, 1.165) is 54.7 Å². The summed E-state index contributed by atoms with van der Waals surface area (Å²) in [5.41, 5.74) is 4.48. The predicted molar refractivity (Wildman–Crippen MR) is 148 cm³/mol. The minimum atomic E-state index is -0.0564. The van der Waals surface area contributed by atoms with Crippen LogP contribution in [0.3, 0.4) is 0 Å². The largest absolute Gasteiger partial charge is 0.513 e. The molecule has 2 amide bonds. The lowest BCUT2D eigenvalue weighted by molar-refractivity contribution is 0.205. The Balaban J connectivity index is 1.40. The number of carbonyl (C=O) groups excluding carboxylic acids is 1. The number of nitrogens with zero attached hydrogens (tertiary/aromatic N) is 1. The molecule has 2 aliphatic rings. The van der Waals surface area contributed by atoms with Crippen molar-refractivity contribution in [2.75, 3.05) is 18.0 Å². The number of unbranched alkanes of at least 4 members (excludes halogenated alkanes) is 3. The molecular formula is C31H42N2O3. The second kappa shape index (κ2) is 12.3. The average Bonchev–Trinajstić information content (AvgIpc) is 2.88. The minimum Gasteiger partial charge on any atom is -0.513 e. The van der Waals surface area contributed by atoms with Crippen molar-refractivity contribution in [3.05, 3.63) is 60.4 Å². The molecule has 5 nitrogen and oxygen atoms in total. The van der Waals surface area contributed by atoms with Crippen molar-refractivity contribution < 1.29 is 14.6 Å². The lowest BCUT2D eigenvalue weighted by Crippen LogP contribution is -2.47. The molecule has 4 rings (SSSR count). The average molecular weight is 491 g/mol. The molecule has 2 N–H and O–H groups in total. The molecule has 194 valence electrons. The van der Waals surface area contributed by atoms with Crippen molar-refractivity contribution in [2.24, 2.45) is 5.92 Å². The smallest absolute Gasteiger partial charge is 0.322 e. The van der Waals surface area contributed by atoms with Crippen LogP contribution >= 0.6 is 0 Å². The van der Waals surface area contributed by atoms with E-state index in [1.165, 1.54) is 31.2 Å². The third kappa shape index (κ3) is 6.63. The van der Waals surface area contributed by atoms with Gasteiger partial charge in [0.25, 0.3) is 0 Å². The van der Waals surface area contributed by atoms with Crippen LogP contribution in [0.4, 0.5) is 10.5 Å². The first-order valence-electron chi connectivity index (χ1n) is 13.8. The fourth-order valence-electron chi connectivity index (χ4n) is 5.64. The highest BCUT2D eigenvalue weighted by Gasteiger charge is 2.28. The molecule has 1 fully saturated rings. The van der Waals surface area contributed by atoms with Crippen LogP contribution in [-0.4, -0.2) is 30.3 Å². The first kappa shape index (κ1) is 26.1. The summed E-state index contributed by atoms with van der Waals surface area (Å²) in [6, 6.07) is 15.0. The number of urea groups is 1. The van der Waals surface area contributed by atoms with E-state index in [9.17, 15) is 9.90 Å². The molecule has 1 aliphatic carbocycles. The Morgan fingerprint density at radius 3 is 2.47 bits per heavy atom. The summed E-state index contributed by atoms with van der Waals surface area (Å²) < 4.78 is 6.14. The zero-order valence-corrected chi connectivity index (χ0v) is 22.0. The van der Waals surface area contributed by atoms with E-state index in [1.54, 1.807) is 0 Å². The highest BCUT2D eigenvalue weighted by Crippen LogP contribution is 2.40. The normalized spacial score (nSPS) is 21.4. The lowest BCUT2D eigenvalue weighted by Gasteiger charge is -2.33. The lowest BCUT2D eigenvalue weighted by atomic mass is 9.77. The van der Waals surface area contributed by atoms with Gasteiger partial charge in [0, 0.05) is 13.0 Å². The number of benzene rings is 2. The molecule has 0 radical (unpaired) electrons. The molecule has 0 bridgehead atoms. The molecule has 1 heterocycles. The zero-order valence-electron chi connectivity index (χ0n) is 22.0. The van der Waals surface area contributed by atoms with E-state index in [1.807, 2.05) is 17.9 Å². The Kier molecular flexibility index (Phi) is 8.95. The van der Waals surface area contributed by atoms with E-state index in [2.05, 4.69) is 55.2 Å². The van der Waals surface area contributed by atoms with Crippen molar-refractivity contribution in [2.45, 2.75) is 83.7 Å². The van der Waals surface area contributed by atoms with E-state index in [0.29, 0.717) is 30.7 Å². The van der Waals surface area contributed by atoms with Gasteiger partial charge in [-0.3, -0.25) is 4.90 Å². The second-order valence-corrected chi connectivity index (χ2v) is 10.6. The number of rotatable bonds is 9. The van der Waals surface area contributed by atoms with E-state index in [4.69, 9.17) is 4.74 Å². The number of nitrogens with one attached hydrogen (secondary N) is 1. The van der Waals surface area contributed by atoms with Crippen LogP contribution in [0.25, 0.3) is 11.1 Å². The number of hydrogen-bond donors (Lipinski definition) is 2. The van der Waals surface area contributed by atoms with Gasteiger partial charge in [0.2, 0.25) is 0 Å². The predicted octanol–water partition coefficient (Wildman–Crippen LogP) is 7.97. The summed E-state index contributed by atoms with van der Waals surface area (Å²) in [4.78, 5) is 14.7. The maximum absolute atomic E-state index is 12.9. The number of anilines is 1. The Bertz CT molecular complexity index is 1020. The quantitative estimate of drug-likeness (QED) is 0.277. The van der Waals surface area contributed by atoms with Gasteiger partial charge in [-0.15, -0.1) is 0 Å². The van der Waals surface area contributed by atoms with Crippen LogP contribution in [0.5, 0.6) is 5.75 Å². The minimum absolute atomic E-state index is 0.0435. The Hall–Kier alpha value is -2.95. The van der Waals surface area contributed by atoms with Gasteiger partial charge in [-0.1, -0.05) is 63.1 Å². The molecule has 0 aromatic heterocycles. The van der Waals surface area contributed by atoms with Crippen molar-refractivity contribution in [1.82, 2.24) is 5.32 Å². The number of aliphatic hydroxyl groups excluding tert-OH is 1. The van der Waals surface area contributed by atoms with Gasteiger partial charge >= 0.3 is 6.03 Å². The fraction of sp³-hybridized carbons (Fsp3) is 0.516. The standard InChI is InChI=1S/C31H42N2O3/c1-4-5-6-7-18-32-31(35)33-21-23(3)36-30-20-28(16-17-29(30)33)27-14-12-26(13-15-27)25-10-8-24(9-11-25)19-22(2)34/h12-17,20,23-25,34H,2,4-11,18-19,21H2,1,3H3,(H,32,35). The number of carbonyl (C=O) groups is 1. The van der Waals surface area contributed by atoms with Gasteiger partial charge in [-0.2, -0.15) is 0 Å². The van der Waals surface area contributed by atoms with Crippen molar-refractivity contribution in [1.29, 1.82) is 0 Å². The molecule has 1 atom stereocenters. The van der Waals surface area contributed by atoms with Crippen LogP contribution in [0.2, 0.25) is 0 Å².